The molecule has 0 aromatic carbocycles. The number of nitrogens with one attached hydrogen (secondary N) is 1. The molecule has 2 aromatic rings. The van der Waals surface area contributed by atoms with Gasteiger partial charge >= 0.3 is 0 Å². The van der Waals surface area contributed by atoms with Gasteiger partial charge in [0.15, 0.2) is 5.65 Å². The summed E-state index contributed by atoms with van der Waals surface area (Å²) in [6, 6.07) is 1.70. The summed E-state index contributed by atoms with van der Waals surface area (Å²) >= 11 is 0. The van der Waals surface area contributed by atoms with Crippen LogP contribution in [-0.2, 0) is 16.0 Å². The Bertz CT molecular complexity index is 911. The topological polar surface area (TPSA) is 90.8 Å². The Morgan fingerprint density at radius 3 is 2.73 bits per heavy atom. The number of rotatable bonds is 4. The lowest BCUT2D eigenvalue weighted by Crippen LogP contribution is -2.64. The first kappa shape index (κ1) is 18.2. The number of fused-ring (bicyclic) bond motifs is 1. The van der Waals surface area contributed by atoms with Gasteiger partial charge in [0.1, 0.15) is 5.54 Å². The molecule has 140 valence electrons. The van der Waals surface area contributed by atoms with Crippen LogP contribution in [0.1, 0.15) is 38.4 Å². The molecule has 2 amide bonds. The first-order valence-corrected chi connectivity index (χ1v) is 8.92. The maximum absolute atomic E-state index is 12.9. The van der Waals surface area contributed by atoms with Gasteiger partial charge in [-0.15, -0.1) is 0 Å². The Labute approximate surface area is 151 Å². The summed E-state index contributed by atoms with van der Waals surface area (Å²) in [5.41, 5.74) is 0.219. The van der Waals surface area contributed by atoms with Crippen molar-refractivity contribution < 1.29 is 9.59 Å². The number of carbonyl (C=O) groups excluding carboxylic acids is 2. The third-order valence-electron chi connectivity index (χ3n) is 5.05. The zero-order chi connectivity index (χ0) is 19.1. The number of carbonyl (C=O) groups is 2. The van der Waals surface area contributed by atoms with E-state index in [1.54, 1.807) is 42.8 Å². The molecule has 1 N–H and O–H groups in total. The molecule has 3 rings (SSSR count). The number of H-pyrrole nitrogens is 1. The fraction of sp³-hybridized carbons (Fsp3) is 0.556. The van der Waals surface area contributed by atoms with Gasteiger partial charge in [0, 0.05) is 43.2 Å². The van der Waals surface area contributed by atoms with Crippen molar-refractivity contribution in [2.75, 3.05) is 19.6 Å². The Hall–Kier alpha value is -2.64. The molecule has 1 aliphatic heterocycles. The second-order valence-electron chi connectivity index (χ2n) is 7.21. The van der Waals surface area contributed by atoms with E-state index in [-0.39, 0.29) is 23.8 Å². The van der Waals surface area contributed by atoms with Crippen LogP contribution in [0.15, 0.2) is 17.1 Å². The number of nitrogens with zero attached hydrogens (tertiary/aromatic N) is 4. The first-order chi connectivity index (χ1) is 12.3. The van der Waals surface area contributed by atoms with Gasteiger partial charge in [-0.1, -0.05) is 6.92 Å². The van der Waals surface area contributed by atoms with Crippen molar-refractivity contribution >= 4 is 17.5 Å². The molecular formula is C18H25N5O3. The van der Waals surface area contributed by atoms with Crippen LogP contribution < -0.4 is 5.56 Å². The molecule has 0 saturated carbocycles. The zero-order valence-corrected chi connectivity index (χ0v) is 15.7. The van der Waals surface area contributed by atoms with Crippen molar-refractivity contribution in [3.63, 3.8) is 0 Å². The van der Waals surface area contributed by atoms with Crippen LogP contribution in [0, 0.1) is 6.92 Å². The Balaban J connectivity index is 1.87. The number of hydrogen-bond donors (Lipinski definition) is 1. The highest BCUT2D eigenvalue weighted by Crippen LogP contribution is 2.24. The standard InChI is InChI=1S/C18H25N5O3/c1-5-8-21-9-10-22(18(3,4)17(21)26)15(24)11-13-12(2)20-14-6-7-19-23(14)16(13)25/h6-7,19H,5,8-11H2,1-4H3. The quantitative estimate of drug-likeness (QED) is 0.871. The van der Waals surface area contributed by atoms with Crippen LogP contribution in [0.3, 0.4) is 0 Å². The van der Waals surface area contributed by atoms with Crippen molar-refractivity contribution in [3.8, 4) is 0 Å². The monoisotopic (exact) mass is 359 g/mol. The molecule has 1 aliphatic rings. The predicted octanol–water partition coefficient (Wildman–Crippen LogP) is 0.733. The van der Waals surface area contributed by atoms with Crippen LogP contribution in [0.5, 0.6) is 0 Å². The van der Waals surface area contributed by atoms with E-state index in [1.165, 1.54) is 4.52 Å². The molecule has 0 unspecified atom stereocenters. The van der Waals surface area contributed by atoms with Gasteiger partial charge in [0.25, 0.3) is 5.56 Å². The zero-order valence-electron chi connectivity index (χ0n) is 15.7. The molecule has 3 heterocycles. The summed E-state index contributed by atoms with van der Waals surface area (Å²) in [5, 5.41) is 2.81. The summed E-state index contributed by atoms with van der Waals surface area (Å²) in [4.78, 5) is 46.1. The minimum absolute atomic E-state index is 0.0506. The lowest BCUT2D eigenvalue weighted by molar-refractivity contribution is -0.158. The second-order valence-corrected chi connectivity index (χ2v) is 7.21. The van der Waals surface area contributed by atoms with Gasteiger partial charge in [-0.2, -0.15) is 0 Å². The van der Waals surface area contributed by atoms with Gasteiger partial charge < -0.3 is 9.80 Å². The molecule has 2 aromatic heterocycles. The molecule has 0 bridgehead atoms. The molecule has 0 atom stereocenters. The van der Waals surface area contributed by atoms with Gasteiger partial charge in [-0.3, -0.25) is 19.5 Å². The van der Waals surface area contributed by atoms with Gasteiger partial charge in [-0.25, -0.2) is 9.50 Å². The van der Waals surface area contributed by atoms with E-state index >= 15 is 0 Å². The Kier molecular flexibility index (Phi) is 4.60. The number of aromatic amines is 1. The minimum atomic E-state index is -0.918. The molecule has 1 saturated heterocycles. The number of hydrogen-bond acceptors (Lipinski definition) is 4. The number of aryl methyl sites for hydroxylation is 1. The molecule has 8 heteroatoms. The van der Waals surface area contributed by atoms with Crippen LogP contribution in [0.25, 0.3) is 5.65 Å². The molecular weight excluding hydrogens is 334 g/mol. The van der Waals surface area contributed by atoms with Crippen LogP contribution in [0.2, 0.25) is 0 Å². The summed E-state index contributed by atoms with van der Waals surface area (Å²) in [6.45, 7) is 8.97. The lowest BCUT2D eigenvalue weighted by atomic mass is 9.96. The average molecular weight is 359 g/mol. The highest BCUT2D eigenvalue weighted by molar-refractivity contribution is 5.92. The van der Waals surface area contributed by atoms with Crippen molar-refractivity contribution in [1.29, 1.82) is 0 Å². The van der Waals surface area contributed by atoms with Gasteiger partial charge in [-0.05, 0) is 27.2 Å². The smallest absolute Gasteiger partial charge is 0.276 e. The average Bonchev–Trinajstić information content (AvgIpc) is 3.04. The van der Waals surface area contributed by atoms with Crippen molar-refractivity contribution in [2.24, 2.45) is 0 Å². The summed E-state index contributed by atoms with van der Waals surface area (Å²) in [5.74, 6) is -0.279. The Morgan fingerprint density at radius 2 is 2.04 bits per heavy atom. The van der Waals surface area contributed by atoms with Crippen molar-refractivity contribution in [3.05, 3.63) is 33.9 Å². The molecule has 0 spiro atoms. The van der Waals surface area contributed by atoms with E-state index in [2.05, 4.69) is 10.1 Å². The van der Waals surface area contributed by atoms with E-state index in [1.807, 2.05) is 6.92 Å². The molecule has 0 aliphatic carbocycles. The third-order valence-corrected chi connectivity index (χ3v) is 5.05. The fourth-order valence-electron chi connectivity index (χ4n) is 3.58. The highest BCUT2D eigenvalue weighted by atomic mass is 16.2. The summed E-state index contributed by atoms with van der Waals surface area (Å²) < 4.78 is 1.32. The maximum atomic E-state index is 12.9. The van der Waals surface area contributed by atoms with E-state index in [4.69, 9.17) is 0 Å². The SMILES string of the molecule is CCCN1CCN(C(=O)Cc2c(C)nc3cc[nH]n3c2=O)C(C)(C)C1=O. The van der Waals surface area contributed by atoms with Gasteiger partial charge in [0.2, 0.25) is 11.8 Å². The van der Waals surface area contributed by atoms with Crippen LogP contribution in [0.4, 0.5) is 0 Å². The van der Waals surface area contributed by atoms with Crippen molar-refractivity contribution in [1.82, 2.24) is 24.4 Å². The fourth-order valence-corrected chi connectivity index (χ4v) is 3.58. The van der Waals surface area contributed by atoms with E-state index < -0.39 is 5.54 Å². The lowest BCUT2D eigenvalue weighted by Gasteiger charge is -2.46. The molecule has 0 radical (unpaired) electrons. The molecule has 1 fully saturated rings. The van der Waals surface area contributed by atoms with Gasteiger partial charge in [0.05, 0.1) is 6.42 Å². The molecule has 26 heavy (non-hydrogen) atoms. The van der Waals surface area contributed by atoms with Crippen molar-refractivity contribution in [2.45, 2.75) is 46.1 Å². The van der Waals surface area contributed by atoms with E-state index in [0.29, 0.717) is 36.5 Å². The van der Waals surface area contributed by atoms with E-state index in [9.17, 15) is 14.4 Å². The highest BCUT2D eigenvalue weighted by Gasteiger charge is 2.43. The Morgan fingerprint density at radius 1 is 1.31 bits per heavy atom. The number of aromatic nitrogens is 3. The third kappa shape index (κ3) is 2.89. The summed E-state index contributed by atoms with van der Waals surface area (Å²) in [7, 11) is 0. The first-order valence-electron chi connectivity index (χ1n) is 8.92. The predicted molar refractivity (Wildman–Crippen MR) is 96.9 cm³/mol. The van der Waals surface area contributed by atoms with Crippen LogP contribution >= 0.6 is 0 Å². The number of piperazine rings is 1. The largest absolute Gasteiger partial charge is 0.339 e. The normalized spacial score (nSPS) is 17.2. The van der Waals surface area contributed by atoms with Crippen LogP contribution in [-0.4, -0.2) is 61.4 Å². The summed E-state index contributed by atoms with van der Waals surface area (Å²) in [6.07, 6.45) is 2.45. The number of amides is 2. The maximum Gasteiger partial charge on any atom is 0.276 e. The van der Waals surface area contributed by atoms with E-state index in [0.717, 1.165) is 6.42 Å². The molecule has 8 nitrogen and oxygen atoms in total. The second kappa shape index (κ2) is 6.59. The minimum Gasteiger partial charge on any atom is -0.339 e.